The van der Waals surface area contributed by atoms with E-state index in [9.17, 15) is 13.5 Å². The average molecular weight is 694 g/mol. The summed E-state index contributed by atoms with van der Waals surface area (Å²) in [6.45, 7) is 2.53. The molecule has 0 radical (unpaired) electrons. The van der Waals surface area contributed by atoms with E-state index < -0.39 is 40.6 Å². The van der Waals surface area contributed by atoms with E-state index in [1.54, 1.807) is 24.3 Å². The highest BCUT2D eigenvalue weighted by Crippen LogP contribution is 2.36. The first-order valence-electron chi connectivity index (χ1n) is 16.8. The number of hydrogen-bond donors (Lipinski definition) is 1. The summed E-state index contributed by atoms with van der Waals surface area (Å²) in [6.07, 6.45) is -4.54. The van der Waals surface area contributed by atoms with Crippen LogP contribution in [0.15, 0.2) is 150 Å². The largest absolute Gasteiger partial charge is 0.375 e. The lowest BCUT2D eigenvalue weighted by Crippen LogP contribution is -2.70. The summed E-state index contributed by atoms with van der Waals surface area (Å²) in [5, 5.41) is 12.2. The summed E-state index contributed by atoms with van der Waals surface area (Å²) in [5.74, 6) is 0. The Morgan fingerprint density at radius 3 is 1.40 bits per heavy atom. The van der Waals surface area contributed by atoms with Crippen molar-refractivity contribution in [1.82, 2.24) is 4.31 Å². The molecule has 0 saturated carbocycles. The molecule has 6 rings (SSSR count). The number of aliphatic hydroxyl groups excluding tert-OH is 1. The number of rotatable bonds is 15. The van der Waals surface area contributed by atoms with Crippen LogP contribution in [0.25, 0.3) is 0 Å². The van der Waals surface area contributed by atoms with E-state index in [1.807, 2.05) is 128 Å². The minimum absolute atomic E-state index is 0.0440. The van der Waals surface area contributed by atoms with E-state index in [1.165, 1.54) is 0 Å². The Morgan fingerprint density at radius 2 is 0.940 bits per heavy atom. The molecule has 5 aromatic rings. The topological polar surface area (TPSA) is 94.5 Å². The standard InChI is InChI=1S/C41H43NO7S/c1-31-22-24-36(25-23-31)50(44,45)42-37(30-46-26-32-14-6-2-7-15-32)38(47-27-33-16-8-3-9-17-33)39(48-28-34-18-10-4-11-19-34)40(41(42)43)49-29-35-20-12-5-13-21-35/h2-25,37-41,43H,26-30H2,1H3/t37-,38-,39+,40-,41?/m1/s1. The van der Waals surface area contributed by atoms with Gasteiger partial charge in [-0.25, -0.2) is 8.42 Å². The molecule has 0 bridgehead atoms. The Bertz CT molecular complexity index is 1840. The first-order chi connectivity index (χ1) is 24.4. The third kappa shape index (κ3) is 8.93. The van der Waals surface area contributed by atoms with Crippen molar-refractivity contribution in [2.45, 2.75) is 68.8 Å². The number of hydrogen-bond acceptors (Lipinski definition) is 7. The van der Waals surface area contributed by atoms with Gasteiger partial charge in [0.2, 0.25) is 10.0 Å². The van der Waals surface area contributed by atoms with Crippen LogP contribution in [-0.2, 0) is 55.4 Å². The third-order valence-corrected chi connectivity index (χ3v) is 10.7. The van der Waals surface area contributed by atoms with E-state index in [-0.39, 0.29) is 37.9 Å². The van der Waals surface area contributed by atoms with Gasteiger partial charge in [0.25, 0.3) is 0 Å². The second-order valence-corrected chi connectivity index (χ2v) is 14.3. The number of aliphatic hydroxyl groups is 1. The number of sulfonamides is 1. The van der Waals surface area contributed by atoms with Crippen LogP contribution in [-0.4, -0.2) is 55.0 Å². The molecule has 1 saturated heterocycles. The van der Waals surface area contributed by atoms with Gasteiger partial charge in [-0.3, -0.25) is 0 Å². The van der Waals surface area contributed by atoms with Crippen LogP contribution < -0.4 is 0 Å². The zero-order chi connectivity index (χ0) is 34.8. The number of benzene rings is 5. The van der Waals surface area contributed by atoms with Gasteiger partial charge in [-0.05, 0) is 41.3 Å². The molecule has 1 unspecified atom stereocenters. The van der Waals surface area contributed by atoms with Crippen molar-refractivity contribution < 1.29 is 32.5 Å². The van der Waals surface area contributed by atoms with Crippen molar-refractivity contribution >= 4 is 10.0 Å². The smallest absolute Gasteiger partial charge is 0.245 e. The Labute approximate surface area is 294 Å². The minimum Gasteiger partial charge on any atom is -0.375 e. The van der Waals surface area contributed by atoms with Crippen molar-refractivity contribution in [2.24, 2.45) is 0 Å². The Morgan fingerprint density at radius 1 is 0.540 bits per heavy atom. The molecule has 0 spiro atoms. The lowest BCUT2D eigenvalue weighted by atomic mass is 9.93. The Balaban J connectivity index is 1.41. The lowest BCUT2D eigenvalue weighted by molar-refractivity contribution is -0.247. The molecule has 0 aromatic heterocycles. The highest BCUT2D eigenvalue weighted by Gasteiger charge is 2.55. The maximum absolute atomic E-state index is 14.6. The Hall–Kier alpha value is -4.19. The van der Waals surface area contributed by atoms with Gasteiger partial charge in [0.05, 0.1) is 44.0 Å². The molecular weight excluding hydrogens is 651 g/mol. The monoisotopic (exact) mass is 693 g/mol. The van der Waals surface area contributed by atoms with E-state index in [0.29, 0.717) is 0 Å². The van der Waals surface area contributed by atoms with Gasteiger partial charge in [0, 0.05) is 0 Å². The zero-order valence-electron chi connectivity index (χ0n) is 28.0. The van der Waals surface area contributed by atoms with Crippen LogP contribution in [0, 0.1) is 6.92 Å². The molecule has 5 atom stereocenters. The first kappa shape index (κ1) is 35.6. The second kappa shape index (κ2) is 17.2. The normalized spacial score (nSPS) is 21.2. The highest BCUT2D eigenvalue weighted by molar-refractivity contribution is 7.89. The van der Waals surface area contributed by atoms with Crippen LogP contribution in [0.1, 0.15) is 27.8 Å². The van der Waals surface area contributed by atoms with E-state index in [4.69, 9.17) is 18.9 Å². The fourth-order valence-electron chi connectivity index (χ4n) is 6.13. The summed E-state index contributed by atoms with van der Waals surface area (Å²) < 4.78 is 56.4. The molecule has 1 fully saturated rings. The molecule has 5 aromatic carbocycles. The molecule has 1 aliphatic rings. The predicted octanol–water partition coefficient (Wildman–Crippen LogP) is 6.66. The molecule has 1 aliphatic heterocycles. The summed E-state index contributed by atoms with van der Waals surface area (Å²) in [7, 11) is -4.31. The van der Waals surface area contributed by atoms with Crippen LogP contribution in [0.3, 0.4) is 0 Å². The van der Waals surface area contributed by atoms with E-state index in [0.717, 1.165) is 32.1 Å². The van der Waals surface area contributed by atoms with Gasteiger partial charge >= 0.3 is 0 Å². The summed E-state index contributed by atoms with van der Waals surface area (Å²) >= 11 is 0. The van der Waals surface area contributed by atoms with Crippen LogP contribution in [0.2, 0.25) is 0 Å². The van der Waals surface area contributed by atoms with Crippen LogP contribution >= 0.6 is 0 Å². The van der Waals surface area contributed by atoms with Crippen molar-refractivity contribution in [3.05, 3.63) is 173 Å². The lowest BCUT2D eigenvalue weighted by Gasteiger charge is -2.50. The number of nitrogens with zero attached hydrogens (tertiary/aromatic N) is 1. The molecule has 0 amide bonds. The number of aryl methyl sites for hydroxylation is 1. The van der Waals surface area contributed by atoms with Gasteiger partial charge in [0.1, 0.15) is 24.5 Å². The molecule has 260 valence electrons. The fourth-order valence-corrected chi connectivity index (χ4v) is 7.80. The zero-order valence-corrected chi connectivity index (χ0v) is 28.8. The molecule has 1 N–H and O–H groups in total. The summed E-state index contributed by atoms with van der Waals surface area (Å²) in [4.78, 5) is 0.0440. The second-order valence-electron chi connectivity index (χ2n) is 12.4. The molecule has 9 heteroatoms. The van der Waals surface area contributed by atoms with Crippen LogP contribution in [0.5, 0.6) is 0 Å². The predicted molar refractivity (Wildman–Crippen MR) is 191 cm³/mol. The van der Waals surface area contributed by atoms with Crippen molar-refractivity contribution in [2.75, 3.05) is 6.61 Å². The maximum atomic E-state index is 14.6. The van der Waals surface area contributed by atoms with Crippen molar-refractivity contribution in [1.29, 1.82) is 0 Å². The maximum Gasteiger partial charge on any atom is 0.245 e. The van der Waals surface area contributed by atoms with Crippen LogP contribution in [0.4, 0.5) is 0 Å². The quantitative estimate of drug-likeness (QED) is 0.131. The first-order valence-corrected chi connectivity index (χ1v) is 18.2. The average Bonchev–Trinajstić information content (AvgIpc) is 3.15. The van der Waals surface area contributed by atoms with Gasteiger partial charge in [0.15, 0.2) is 0 Å². The molecule has 50 heavy (non-hydrogen) atoms. The SMILES string of the molecule is Cc1ccc(S(=O)(=O)N2C(O)[C@H](OCc3ccccc3)[C@@H](OCc3ccccc3)[C@H](OCc3ccccc3)[C@H]2COCc2ccccc2)cc1. The van der Waals surface area contributed by atoms with Gasteiger partial charge < -0.3 is 24.1 Å². The highest BCUT2D eigenvalue weighted by atomic mass is 32.2. The van der Waals surface area contributed by atoms with E-state index >= 15 is 0 Å². The van der Waals surface area contributed by atoms with Gasteiger partial charge in [-0.2, -0.15) is 4.31 Å². The van der Waals surface area contributed by atoms with Gasteiger partial charge in [-0.1, -0.05) is 139 Å². The van der Waals surface area contributed by atoms with E-state index in [2.05, 4.69) is 0 Å². The molecule has 8 nitrogen and oxygen atoms in total. The Kier molecular flexibility index (Phi) is 12.2. The fraction of sp³-hybridized carbons (Fsp3) is 0.268. The van der Waals surface area contributed by atoms with Gasteiger partial charge in [-0.15, -0.1) is 0 Å². The number of piperidine rings is 1. The van der Waals surface area contributed by atoms with Crippen molar-refractivity contribution in [3.63, 3.8) is 0 Å². The minimum atomic E-state index is -4.31. The number of ether oxygens (including phenoxy) is 4. The van der Waals surface area contributed by atoms with Crippen molar-refractivity contribution in [3.8, 4) is 0 Å². The summed E-state index contributed by atoms with van der Waals surface area (Å²) in [6, 6.07) is 44.2. The molecule has 1 heterocycles. The molecule has 0 aliphatic carbocycles. The third-order valence-electron chi connectivity index (χ3n) is 8.76. The summed E-state index contributed by atoms with van der Waals surface area (Å²) in [5.41, 5.74) is 4.52. The molecular formula is C41H43NO7S.